The largest absolute Gasteiger partial charge is 0.466 e. The summed E-state index contributed by atoms with van der Waals surface area (Å²) in [6.45, 7) is 8.94. The molecule has 5 heteroatoms. The van der Waals surface area contributed by atoms with Gasteiger partial charge in [-0.25, -0.2) is 4.85 Å². The van der Waals surface area contributed by atoms with Crippen molar-refractivity contribution >= 4 is 17.9 Å². The molecule has 0 bridgehead atoms. The summed E-state index contributed by atoms with van der Waals surface area (Å²) in [5.41, 5.74) is 1.74. The minimum absolute atomic E-state index is 0.270. The van der Waals surface area contributed by atoms with Gasteiger partial charge in [-0.2, -0.15) is 5.26 Å². The van der Waals surface area contributed by atoms with Gasteiger partial charge >= 0.3 is 0 Å². The number of aryl methyl sites for hydroxylation is 1. The number of nitrogens with zero attached hydrogens (tertiary/aromatic N) is 2. The standard InChI is InChI=1S/C12H7N3OS/c1-7-11(14-2)10(9-4-3-5-16-9)8(6-13)12(17)15-7/h3-5H,1H3,(H,15,17). The molecular weight excluding hydrogens is 234 g/mol. The highest BCUT2D eigenvalue weighted by molar-refractivity contribution is 7.71. The van der Waals surface area contributed by atoms with E-state index in [0.717, 1.165) is 0 Å². The molecule has 0 saturated carbocycles. The molecule has 0 unspecified atom stereocenters. The molecule has 0 aliphatic heterocycles. The third-order valence-electron chi connectivity index (χ3n) is 2.36. The van der Waals surface area contributed by atoms with E-state index in [1.54, 1.807) is 19.1 Å². The number of nitriles is 1. The second-order valence-corrected chi connectivity index (χ2v) is 3.79. The predicted molar refractivity (Wildman–Crippen MR) is 65.0 cm³/mol. The number of rotatable bonds is 1. The summed E-state index contributed by atoms with van der Waals surface area (Å²) in [7, 11) is 0. The smallest absolute Gasteiger partial charge is 0.217 e. The maximum absolute atomic E-state index is 9.13. The average molecular weight is 241 g/mol. The zero-order valence-corrected chi connectivity index (χ0v) is 9.76. The first-order valence-electron chi connectivity index (χ1n) is 4.77. The van der Waals surface area contributed by atoms with E-state index in [-0.39, 0.29) is 5.56 Å². The van der Waals surface area contributed by atoms with Crippen molar-refractivity contribution < 1.29 is 4.42 Å². The monoisotopic (exact) mass is 241 g/mol. The van der Waals surface area contributed by atoms with Crippen molar-refractivity contribution in [1.82, 2.24) is 4.98 Å². The van der Waals surface area contributed by atoms with Crippen LogP contribution in [-0.2, 0) is 0 Å². The first-order chi connectivity index (χ1) is 8.19. The molecule has 0 aliphatic rings. The molecule has 0 atom stereocenters. The summed E-state index contributed by atoms with van der Waals surface area (Å²) in [4.78, 5) is 6.29. The van der Waals surface area contributed by atoms with Crippen LogP contribution in [0.4, 0.5) is 5.69 Å². The normalized spacial score (nSPS) is 9.59. The Labute approximate surface area is 103 Å². The molecule has 2 aromatic heterocycles. The molecule has 2 heterocycles. The van der Waals surface area contributed by atoms with E-state index in [0.29, 0.717) is 27.3 Å². The Hall–Kier alpha value is -2.37. The molecule has 4 nitrogen and oxygen atoms in total. The number of hydrogen-bond donors (Lipinski definition) is 1. The Kier molecular flexibility index (Phi) is 2.78. The van der Waals surface area contributed by atoms with Crippen molar-refractivity contribution in [3.8, 4) is 17.4 Å². The molecule has 0 aromatic carbocycles. The van der Waals surface area contributed by atoms with Gasteiger partial charge in [0.2, 0.25) is 5.69 Å². The highest BCUT2D eigenvalue weighted by Gasteiger charge is 2.17. The molecule has 0 fully saturated rings. The fraction of sp³-hybridized carbons (Fsp3) is 0.0833. The predicted octanol–water partition coefficient (Wildman–Crippen LogP) is 3.74. The number of H-pyrrole nitrogens is 1. The van der Waals surface area contributed by atoms with Gasteiger partial charge in [0.05, 0.1) is 18.4 Å². The number of aromatic nitrogens is 1. The van der Waals surface area contributed by atoms with Crippen molar-refractivity contribution in [3.05, 3.63) is 45.7 Å². The zero-order valence-electron chi connectivity index (χ0n) is 8.94. The molecule has 82 valence electrons. The van der Waals surface area contributed by atoms with E-state index in [1.807, 2.05) is 6.07 Å². The second-order valence-electron chi connectivity index (χ2n) is 3.38. The van der Waals surface area contributed by atoms with Crippen molar-refractivity contribution in [1.29, 1.82) is 5.26 Å². The van der Waals surface area contributed by atoms with Gasteiger partial charge in [-0.1, -0.05) is 12.2 Å². The highest BCUT2D eigenvalue weighted by atomic mass is 32.1. The lowest BCUT2D eigenvalue weighted by Gasteiger charge is -2.06. The summed E-state index contributed by atoms with van der Waals surface area (Å²) in [6.07, 6.45) is 1.50. The Morgan fingerprint density at radius 3 is 2.88 bits per heavy atom. The summed E-state index contributed by atoms with van der Waals surface area (Å²) >= 11 is 5.09. The number of hydrogen-bond acceptors (Lipinski definition) is 3. The van der Waals surface area contributed by atoms with E-state index < -0.39 is 0 Å². The van der Waals surface area contributed by atoms with Crippen LogP contribution in [-0.4, -0.2) is 4.98 Å². The fourth-order valence-electron chi connectivity index (χ4n) is 1.62. The van der Waals surface area contributed by atoms with Crippen LogP contribution in [0.1, 0.15) is 11.3 Å². The molecule has 2 rings (SSSR count). The Balaban J connectivity index is 2.95. The Morgan fingerprint density at radius 2 is 2.35 bits per heavy atom. The van der Waals surface area contributed by atoms with E-state index >= 15 is 0 Å². The first kappa shape index (κ1) is 11.1. The first-order valence-corrected chi connectivity index (χ1v) is 5.18. The zero-order chi connectivity index (χ0) is 12.4. The van der Waals surface area contributed by atoms with Gasteiger partial charge in [-0.05, 0) is 19.1 Å². The molecular formula is C12H7N3OS. The van der Waals surface area contributed by atoms with E-state index in [1.165, 1.54) is 6.26 Å². The van der Waals surface area contributed by atoms with Crippen molar-refractivity contribution in [2.24, 2.45) is 0 Å². The third kappa shape index (κ3) is 1.73. The number of furan rings is 1. The van der Waals surface area contributed by atoms with Gasteiger partial charge < -0.3 is 9.40 Å². The van der Waals surface area contributed by atoms with Gasteiger partial charge in [-0.3, -0.25) is 0 Å². The molecule has 1 N–H and O–H groups in total. The lowest BCUT2D eigenvalue weighted by Crippen LogP contribution is -1.92. The fourth-order valence-corrected chi connectivity index (χ4v) is 1.92. The van der Waals surface area contributed by atoms with Crippen LogP contribution in [0.15, 0.2) is 22.8 Å². The minimum Gasteiger partial charge on any atom is -0.466 e. The third-order valence-corrected chi connectivity index (χ3v) is 2.67. The van der Waals surface area contributed by atoms with Crippen LogP contribution < -0.4 is 0 Å². The second kappa shape index (κ2) is 4.25. The molecule has 0 saturated heterocycles. The van der Waals surface area contributed by atoms with Crippen LogP contribution in [0.5, 0.6) is 0 Å². The molecule has 0 amide bonds. The van der Waals surface area contributed by atoms with Crippen molar-refractivity contribution in [2.75, 3.05) is 0 Å². The van der Waals surface area contributed by atoms with Crippen molar-refractivity contribution in [3.63, 3.8) is 0 Å². The highest BCUT2D eigenvalue weighted by Crippen LogP contribution is 2.35. The van der Waals surface area contributed by atoms with Crippen LogP contribution >= 0.6 is 12.2 Å². The molecule has 2 aromatic rings. The van der Waals surface area contributed by atoms with E-state index in [4.69, 9.17) is 28.5 Å². The Morgan fingerprint density at radius 1 is 1.59 bits per heavy atom. The summed E-state index contributed by atoms with van der Waals surface area (Å²) in [6, 6.07) is 5.43. The van der Waals surface area contributed by atoms with Crippen molar-refractivity contribution in [2.45, 2.75) is 6.92 Å². The maximum atomic E-state index is 9.13. The number of aromatic amines is 1. The van der Waals surface area contributed by atoms with Gasteiger partial charge in [0, 0.05) is 11.3 Å². The molecule has 0 radical (unpaired) electrons. The molecule has 0 spiro atoms. The summed E-state index contributed by atoms with van der Waals surface area (Å²) in [5.74, 6) is 0.482. The van der Waals surface area contributed by atoms with Crippen LogP contribution in [0.2, 0.25) is 0 Å². The van der Waals surface area contributed by atoms with Gasteiger partial charge in [0.25, 0.3) is 0 Å². The lowest BCUT2D eigenvalue weighted by atomic mass is 10.1. The summed E-state index contributed by atoms with van der Waals surface area (Å²) in [5, 5.41) is 9.13. The van der Waals surface area contributed by atoms with Crippen LogP contribution in [0.25, 0.3) is 16.2 Å². The average Bonchev–Trinajstić information content (AvgIpc) is 2.81. The van der Waals surface area contributed by atoms with Gasteiger partial charge in [-0.15, -0.1) is 0 Å². The van der Waals surface area contributed by atoms with Gasteiger partial charge in [0.1, 0.15) is 16.5 Å². The molecule has 17 heavy (non-hydrogen) atoms. The lowest BCUT2D eigenvalue weighted by molar-refractivity contribution is 0.582. The van der Waals surface area contributed by atoms with Crippen LogP contribution in [0.3, 0.4) is 0 Å². The number of pyridine rings is 1. The Bertz CT molecular complexity index is 699. The maximum Gasteiger partial charge on any atom is 0.217 e. The summed E-state index contributed by atoms with van der Waals surface area (Å²) < 4.78 is 5.58. The van der Waals surface area contributed by atoms with Gasteiger partial charge in [0.15, 0.2) is 0 Å². The topological polar surface area (TPSA) is 57.1 Å². The van der Waals surface area contributed by atoms with E-state index in [2.05, 4.69) is 9.83 Å². The van der Waals surface area contributed by atoms with Crippen LogP contribution in [0, 0.1) is 29.5 Å². The molecule has 0 aliphatic carbocycles. The quantitative estimate of drug-likeness (QED) is 0.611. The number of nitrogens with one attached hydrogen (secondary N) is 1. The minimum atomic E-state index is 0.270. The van der Waals surface area contributed by atoms with E-state index in [9.17, 15) is 0 Å². The SMILES string of the molecule is [C-]#[N+]c1c(C)[nH]c(=S)c(C#N)c1-c1ccco1.